The van der Waals surface area contributed by atoms with Gasteiger partial charge in [0.05, 0.1) is 12.1 Å². The number of carbonyl (C=O) groups is 1. The Kier molecular flexibility index (Phi) is 2.91. The summed E-state index contributed by atoms with van der Waals surface area (Å²) in [7, 11) is 0. The fourth-order valence-electron chi connectivity index (χ4n) is 1.58. The molecule has 4 nitrogen and oxygen atoms in total. The zero-order valence-electron chi connectivity index (χ0n) is 9.22. The first-order valence-electron chi connectivity index (χ1n) is 5.07. The van der Waals surface area contributed by atoms with Crippen molar-refractivity contribution in [2.75, 3.05) is 0 Å². The zero-order valence-corrected chi connectivity index (χ0v) is 9.22. The van der Waals surface area contributed by atoms with Crippen LogP contribution in [0.25, 0.3) is 0 Å². The van der Waals surface area contributed by atoms with Crippen LogP contribution in [0, 0.1) is 12.7 Å². The minimum Gasteiger partial charge on any atom is -0.478 e. The number of rotatable bonds is 3. The Morgan fingerprint density at radius 1 is 1.53 bits per heavy atom. The minimum absolute atomic E-state index is 0.0826. The monoisotopic (exact) mass is 234 g/mol. The van der Waals surface area contributed by atoms with Gasteiger partial charge in [0, 0.05) is 18.0 Å². The number of hydrogen-bond donors (Lipinski definition) is 1. The second-order valence-corrected chi connectivity index (χ2v) is 3.71. The first-order chi connectivity index (χ1) is 8.08. The van der Waals surface area contributed by atoms with Gasteiger partial charge in [0.15, 0.2) is 0 Å². The summed E-state index contributed by atoms with van der Waals surface area (Å²) in [5.74, 6) is -0.721. The summed E-state index contributed by atoms with van der Waals surface area (Å²) >= 11 is 0. The third kappa shape index (κ3) is 2.33. The van der Waals surface area contributed by atoms with E-state index in [0.717, 1.165) is 5.82 Å². The molecule has 88 valence electrons. The summed E-state index contributed by atoms with van der Waals surface area (Å²) < 4.78 is 15.3. The highest BCUT2D eigenvalue weighted by Gasteiger charge is 2.09. The molecule has 2 rings (SSSR count). The lowest BCUT2D eigenvalue weighted by Gasteiger charge is -2.07. The van der Waals surface area contributed by atoms with Crippen LogP contribution in [0.2, 0.25) is 0 Å². The Labute approximate surface area is 97.3 Å². The molecule has 0 saturated carbocycles. The quantitative estimate of drug-likeness (QED) is 0.884. The van der Waals surface area contributed by atoms with Gasteiger partial charge in [-0.2, -0.15) is 0 Å². The molecule has 0 amide bonds. The number of carboxylic acid groups (broad SMARTS) is 1. The van der Waals surface area contributed by atoms with Gasteiger partial charge in [0.1, 0.15) is 11.6 Å². The molecule has 5 heteroatoms. The van der Waals surface area contributed by atoms with Crippen LogP contribution in [0.5, 0.6) is 0 Å². The Balaban J connectivity index is 2.35. The second-order valence-electron chi connectivity index (χ2n) is 3.71. The summed E-state index contributed by atoms with van der Waals surface area (Å²) in [4.78, 5) is 14.8. The maximum absolute atomic E-state index is 13.5. The first-order valence-corrected chi connectivity index (χ1v) is 5.07. The smallest absolute Gasteiger partial charge is 0.335 e. The van der Waals surface area contributed by atoms with Crippen molar-refractivity contribution in [1.82, 2.24) is 9.55 Å². The molecule has 0 atom stereocenters. The molecule has 0 fully saturated rings. The predicted molar refractivity (Wildman–Crippen MR) is 59.4 cm³/mol. The Hall–Kier alpha value is -2.17. The molecule has 0 unspecified atom stereocenters. The largest absolute Gasteiger partial charge is 0.478 e. The molecule has 1 heterocycles. The lowest BCUT2D eigenvalue weighted by Crippen LogP contribution is -2.05. The molecular weight excluding hydrogens is 223 g/mol. The van der Waals surface area contributed by atoms with Crippen molar-refractivity contribution in [3.05, 3.63) is 53.4 Å². The van der Waals surface area contributed by atoms with Gasteiger partial charge in [-0.25, -0.2) is 14.2 Å². The second kappa shape index (κ2) is 4.37. The Bertz CT molecular complexity index is 563. The molecule has 1 aromatic carbocycles. The number of hydrogen-bond acceptors (Lipinski definition) is 2. The van der Waals surface area contributed by atoms with Crippen LogP contribution in [-0.4, -0.2) is 20.6 Å². The molecule has 0 radical (unpaired) electrons. The predicted octanol–water partition coefficient (Wildman–Crippen LogP) is 2.08. The maximum Gasteiger partial charge on any atom is 0.335 e. The number of carboxylic acids is 1. The first kappa shape index (κ1) is 11.3. The molecular formula is C12H11FN2O2. The number of aryl methyl sites for hydroxylation is 1. The number of imidazole rings is 1. The summed E-state index contributed by atoms with van der Waals surface area (Å²) in [6.45, 7) is 2.08. The van der Waals surface area contributed by atoms with Gasteiger partial charge in [-0.15, -0.1) is 0 Å². The SMILES string of the molecule is Cc1nccn1Cc1cc(C(=O)O)ccc1F. The van der Waals surface area contributed by atoms with Crippen LogP contribution in [0.4, 0.5) is 4.39 Å². The lowest BCUT2D eigenvalue weighted by molar-refractivity contribution is 0.0696. The Morgan fingerprint density at radius 2 is 2.29 bits per heavy atom. The summed E-state index contributed by atoms with van der Waals surface area (Å²) in [5.41, 5.74) is 0.421. The van der Waals surface area contributed by atoms with E-state index in [1.807, 2.05) is 0 Å². The number of aromatic nitrogens is 2. The van der Waals surface area contributed by atoms with Gasteiger partial charge in [-0.3, -0.25) is 0 Å². The van der Waals surface area contributed by atoms with Crippen molar-refractivity contribution in [2.45, 2.75) is 13.5 Å². The van der Waals surface area contributed by atoms with E-state index < -0.39 is 11.8 Å². The lowest BCUT2D eigenvalue weighted by atomic mass is 10.1. The average molecular weight is 234 g/mol. The highest BCUT2D eigenvalue weighted by atomic mass is 19.1. The van der Waals surface area contributed by atoms with E-state index in [1.165, 1.54) is 18.2 Å². The van der Waals surface area contributed by atoms with Crippen LogP contribution in [0.1, 0.15) is 21.7 Å². The average Bonchev–Trinajstić information content (AvgIpc) is 2.67. The normalized spacial score (nSPS) is 10.5. The van der Waals surface area contributed by atoms with E-state index in [1.54, 1.807) is 23.9 Å². The van der Waals surface area contributed by atoms with Crippen LogP contribution >= 0.6 is 0 Å². The van der Waals surface area contributed by atoms with E-state index in [9.17, 15) is 9.18 Å². The van der Waals surface area contributed by atoms with Crippen LogP contribution < -0.4 is 0 Å². The van der Waals surface area contributed by atoms with Crippen molar-refractivity contribution in [3.8, 4) is 0 Å². The van der Waals surface area contributed by atoms with Crippen LogP contribution in [0.15, 0.2) is 30.6 Å². The van der Waals surface area contributed by atoms with Gasteiger partial charge in [0.25, 0.3) is 0 Å². The van der Waals surface area contributed by atoms with E-state index in [4.69, 9.17) is 5.11 Å². The van der Waals surface area contributed by atoms with Gasteiger partial charge >= 0.3 is 5.97 Å². The molecule has 0 spiro atoms. The third-order valence-electron chi connectivity index (χ3n) is 2.56. The van der Waals surface area contributed by atoms with E-state index in [2.05, 4.69) is 4.98 Å². The molecule has 0 aliphatic heterocycles. The number of nitrogens with zero attached hydrogens (tertiary/aromatic N) is 2. The van der Waals surface area contributed by atoms with Gasteiger partial charge in [-0.05, 0) is 25.1 Å². The zero-order chi connectivity index (χ0) is 12.4. The van der Waals surface area contributed by atoms with Gasteiger partial charge in [-0.1, -0.05) is 0 Å². The van der Waals surface area contributed by atoms with Crippen LogP contribution in [0.3, 0.4) is 0 Å². The van der Waals surface area contributed by atoms with E-state index in [-0.39, 0.29) is 12.1 Å². The molecule has 2 aromatic rings. The number of benzene rings is 1. The highest BCUT2D eigenvalue weighted by Crippen LogP contribution is 2.13. The van der Waals surface area contributed by atoms with E-state index in [0.29, 0.717) is 5.56 Å². The number of aromatic carboxylic acids is 1. The summed E-state index contributed by atoms with van der Waals surface area (Å²) in [6.07, 6.45) is 3.34. The van der Waals surface area contributed by atoms with Crippen molar-refractivity contribution in [2.24, 2.45) is 0 Å². The summed E-state index contributed by atoms with van der Waals surface area (Å²) in [6, 6.07) is 3.77. The Morgan fingerprint density at radius 3 is 2.88 bits per heavy atom. The summed E-state index contributed by atoms with van der Waals surface area (Å²) in [5, 5.41) is 8.84. The van der Waals surface area contributed by atoms with E-state index >= 15 is 0 Å². The topological polar surface area (TPSA) is 55.1 Å². The van der Waals surface area contributed by atoms with Crippen molar-refractivity contribution >= 4 is 5.97 Å². The standard InChI is InChI=1S/C12H11FN2O2/c1-8-14-4-5-15(8)7-10-6-9(12(16)17)2-3-11(10)13/h2-6H,7H2,1H3,(H,16,17). The minimum atomic E-state index is -1.06. The molecule has 17 heavy (non-hydrogen) atoms. The molecule has 1 aromatic heterocycles. The fraction of sp³-hybridized carbons (Fsp3) is 0.167. The molecule has 0 aliphatic carbocycles. The van der Waals surface area contributed by atoms with Crippen molar-refractivity contribution < 1.29 is 14.3 Å². The molecule has 0 aliphatic rings. The highest BCUT2D eigenvalue weighted by molar-refractivity contribution is 5.87. The van der Waals surface area contributed by atoms with Crippen molar-refractivity contribution in [3.63, 3.8) is 0 Å². The van der Waals surface area contributed by atoms with Crippen LogP contribution in [-0.2, 0) is 6.54 Å². The maximum atomic E-state index is 13.5. The molecule has 1 N–H and O–H groups in total. The van der Waals surface area contributed by atoms with Gasteiger partial charge < -0.3 is 9.67 Å². The fourth-order valence-corrected chi connectivity index (χ4v) is 1.58. The molecule has 0 bridgehead atoms. The van der Waals surface area contributed by atoms with Gasteiger partial charge in [0.2, 0.25) is 0 Å². The van der Waals surface area contributed by atoms with Crippen molar-refractivity contribution in [1.29, 1.82) is 0 Å². The number of halogens is 1. The third-order valence-corrected chi connectivity index (χ3v) is 2.56. The molecule has 0 saturated heterocycles.